The summed E-state index contributed by atoms with van der Waals surface area (Å²) in [5.41, 5.74) is 0. The minimum Gasteiger partial charge on any atom is -0.303 e. The first-order valence-electron chi connectivity index (χ1n) is 26.2. The van der Waals surface area contributed by atoms with Crippen LogP contribution < -0.4 is 0 Å². The molecule has 0 aromatic heterocycles. The lowest BCUT2D eigenvalue weighted by Gasteiger charge is -2.29. The normalized spacial score (nSPS) is 20.4. The van der Waals surface area contributed by atoms with Crippen molar-refractivity contribution in [2.45, 2.75) is 271 Å². The van der Waals surface area contributed by atoms with Gasteiger partial charge in [-0.2, -0.15) is 0 Å². The first kappa shape index (κ1) is 52.8. The van der Waals surface area contributed by atoms with E-state index in [0.717, 1.165) is 35.8 Å². The highest BCUT2D eigenvalue weighted by Gasteiger charge is 2.35. The minimum atomic E-state index is 0.797. The van der Waals surface area contributed by atoms with Gasteiger partial charge in [-0.3, -0.25) is 0 Å². The summed E-state index contributed by atoms with van der Waals surface area (Å²) in [6, 6.07) is 1.59. The fraction of sp³-hybridized carbons (Fsp3) is 1.00. The van der Waals surface area contributed by atoms with Crippen LogP contribution in [-0.2, 0) is 0 Å². The van der Waals surface area contributed by atoms with Crippen LogP contribution in [0, 0.1) is 23.7 Å². The predicted octanol–water partition coefficient (Wildman–Crippen LogP) is 17.6. The van der Waals surface area contributed by atoms with E-state index in [2.05, 4.69) is 73.2 Å². The van der Waals surface area contributed by atoms with Crippen LogP contribution in [0.3, 0.4) is 0 Å². The molecule has 4 heteroatoms. The van der Waals surface area contributed by atoms with Gasteiger partial charge in [-0.25, -0.2) is 0 Å². The summed E-state index contributed by atoms with van der Waals surface area (Å²) >= 11 is 0. The Morgan fingerprint density at radius 1 is 0.357 bits per heavy atom. The van der Waals surface area contributed by atoms with Crippen molar-refractivity contribution in [3.63, 3.8) is 0 Å². The van der Waals surface area contributed by atoms with Crippen molar-refractivity contribution in [1.29, 1.82) is 0 Å². The van der Waals surface area contributed by atoms with E-state index < -0.39 is 0 Å². The highest BCUT2D eigenvalue weighted by molar-refractivity contribution is 8.76. The van der Waals surface area contributed by atoms with Gasteiger partial charge in [-0.1, -0.05) is 242 Å². The summed E-state index contributed by atoms with van der Waals surface area (Å²) in [6.07, 6.45) is 52.6. The van der Waals surface area contributed by atoms with Gasteiger partial charge in [0.05, 0.1) is 0 Å². The van der Waals surface area contributed by atoms with E-state index >= 15 is 0 Å². The predicted molar refractivity (Wildman–Crippen MR) is 261 cm³/mol. The average molecular weight is 822 g/mol. The maximum atomic E-state index is 2.73. The van der Waals surface area contributed by atoms with Gasteiger partial charge in [0.1, 0.15) is 0 Å². The highest BCUT2D eigenvalue weighted by Crippen LogP contribution is 2.46. The summed E-state index contributed by atoms with van der Waals surface area (Å²) in [5, 5.41) is 0. The molecule has 2 saturated carbocycles. The Kier molecular flexibility index (Phi) is 35.2. The van der Waals surface area contributed by atoms with Gasteiger partial charge >= 0.3 is 0 Å². The Morgan fingerprint density at radius 3 is 0.946 bits per heavy atom. The number of hydrogen-bond acceptors (Lipinski definition) is 4. The zero-order valence-electron chi connectivity index (χ0n) is 39.5. The van der Waals surface area contributed by atoms with Gasteiger partial charge in [-0.05, 0) is 76.3 Å². The van der Waals surface area contributed by atoms with Gasteiger partial charge < -0.3 is 9.80 Å². The van der Waals surface area contributed by atoms with Crippen LogP contribution in [0.25, 0.3) is 0 Å². The molecule has 6 atom stereocenters. The van der Waals surface area contributed by atoms with Crippen LogP contribution in [0.2, 0.25) is 0 Å². The van der Waals surface area contributed by atoms with Crippen LogP contribution in [0.5, 0.6) is 0 Å². The Morgan fingerprint density at radius 2 is 0.625 bits per heavy atom. The zero-order chi connectivity index (χ0) is 40.3. The lowest BCUT2D eigenvalue weighted by molar-refractivity contribution is 0.222. The Bertz CT molecular complexity index is 757. The molecule has 0 amide bonds. The molecule has 0 N–H and O–H groups in total. The summed E-state index contributed by atoms with van der Waals surface area (Å²) in [7, 11) is 9.13. The standard InChI is InChI=1S/C52H104N2S2/c1-7-11-15-17-21-27-33-47-45-49(47)35-29-23-19-25-31-39-51(37-13-9-3)53(5)41-43-55-56-44-42-54(6)52(38-14-10-4)40-32-26-20-24-30-36-50-46-48(50)34-28-22-18-16-12-8-2/h47-52H,7-46H2,1-6H3. The SMILES string of the molecule is CCCCCCCCC1CC1CCCCCCCC(CCCC)N(C)CCSSCCN(C)C(CCCC)CCCCCCCC1CC1CCCCCCCC. The van der Waals surface area contributed by atoms with E-state index in [1.807, 2.05) is 0 Å². The molecule has 334 valence electrons. The van der Waals surface area contributed by atoms with E-state index in [-0.39, 0.29) is 0 Å². The van der Waals surface area contributed by atoms with Gasteiger partial charge in [0.2, 0.25) is 0 Å². The molecule has 0 radical (unpaired) electrons. The van der Waals surface area contributed by atoms with Crippen molar-refractivity contribution in [3.8, 4) is 0 Å². The lowest BCUT2D eigenvalue weighted by Crippen LogP contribution is -2.34. The van der Waals surface area contributed by atoms with E-state index in [9.17, 15) is 0 Å². The van der Waals surface area contributed by atoms with Gasteiger partial charge in [0.15, 0.2) is 0 Å². The molecular formula is C52H104N2S2. The number of nitrogens with zero attached hydrogens (tertiary/aromatic N) is 2. The molecule has 0 bridgehead atoms. The Labute approximate surface area is 363 Å². The molecule has 2 aliphatic carbocycles. The second kappa shape index (κ2) is 37.4. The summed E-state index contributed by atoms with van der Waals surface area (Å²) in [4.78, 5) is 5.46. The largest absolute Gasteiger partial charge is 0.303 e. The summed E-state index contributed by atoms with van der Waals surface area (Å²) in [6.45, 7) is 11.9. The molecule has 2 fully saturated rings. The third-order valence-corrected chi connectivity index (χ3v) is 16.8. The molecule has 0 saturated heterocycles. The molecule has 0 aromatic rings. The van der Waals surface area contributed by atoms with E-state index in [1.165, 1.54) is 243 Å². The number of hydrogen-bond donors (Lipinski definition) is 0. The van der Waals surface area contributed by atoms with Crippen LogP contribution in [0.15, 0.2) is 0 Å². The van der Waals surface area contributed by atoms with Crippen LogP contribution in [0.4, 0.5) is 0 Å². The van der Waals surface area contributed by atoms with Crippen molar-refractivity contribution < 1.29 is 0 Å². The molecule has 6 unspecified atom stereocenters. The molecule has 2 nitrogen and oxygen atoms in total. The molecule has 0 aromatic carbocycles. The number of unbranched alkanes of at least 4 members (excludes halogenated alkanes) is 20. The van der Waals surface area contributed by atoms with Crippen LogP contribution in [0.1, 0.15) is 259 Å². The Balaban J connectivity index is 1.45. The molecule has 2 rings (SSSR count). The maximum Gasteiger partial charge on any atom is 0.0165 e. The molecule has 2 aliphatic rings. The molecule has 56 heavy (non-hydrogen) atoms. The van der Waals surface area contributed by atoms with Gasteiger partial charge in [-0.15, -0.1) is 0 Å². The third-order valence-electron chi connectivity index (χ3n) is 14.4. The highest BCUT2D eigenvalue weighted by atomic mass is 33.1. The van der Waals surface area contributed by atoms with Crippen LogP contribution >= 0.6 is 21.6 Å². The second-order valence-corrected chi connectivity index (χ2v) is 22.2. The monoisotopic (exact) mass is 821 g/mol. The topological polar surface area (TPSA) is 6.48 Å². The third kappa shape index (κ3) is 29.0. The van der Waals surface area contributed by atoms with Crippen molar-refractivity contribution >= 4 is 21.6 Å². The van der Waals surface area contributed by atoms with Crippen molar-refractivity contribution in [2.75, 3.05) is 38.7 Å². The maximum absolute atomic E-state index is 2.73. The molecule has 0 heterocycles. The van der Waals surface area contributed by atoms with Crippen molar-refractivity contribution in [2.24, 2.45) is 23.7 Å². The minimum absolute atomic E-state index is 0.797. The Hall–Kier alpha value is 0.620. The number of rotatable bonds is 45. The van der Waals surface area contributed by atoms with Crippen molar-refractivity contribution in [1.82, 2.24) is 9.80 Å². The van der Waals surface area contributed by atoms with E-state index in [0.29, 0.717) is 0 Å². The fourth-order valence-electron chi connectivity index (χ4n) is 9.94. The van der Waals surface area contributed by atoms with Gasteiger partial charge in [0, 0.05) is 36.7 Å². The quantitative estimate of drug-likeness (QED) is 0.0446. The van der Waals surface area contributed by atoms with Crippen molar-refractivity contribution in [3.05, 3.63) is 0 Å². The molecule has 0 aliphatic heterocycles. The molecular weight excluding hydrogens is 717 g/mol. The van der Waals surface area contributed by atoms with E-state index in [1.54, 1.807) is 12.8 Å². The lowest BCUT2D eigenvalue weighted by atomic mass is 10.00. The summed E-state index contributed by atoms with van der Waals surface area (Å²) < 4.78 is 0. The summed E-state index contributed by atoms with van der Waals surface area (Å²) in [5.74, 6) is 6.98. The van der Waals surface area contributed by atoms with Gasteiger partial charge in [0.25, 0.3) is 0 Å². The first-order chi connectivity index (χ1) is 27.5. The molecule has 0 spiro atoms. The van der Waals surface area contributed by atoms with E-state index in [4.69, 9.17) is 0 Å². The van der Waals surface area contributed by atoms with Crippen LogP contribution in [-0.4, -0.2) is 60.6 Å². The average Bonchev–Trinajstić information content (AvgIpc) is 4.14. The fourth-order valence-corrected chi connectivity index (χ4v) is 12.1. The smallest absolute Gasteiger partial charge is 0.0165 e. The first-order valence-corrected chi connectivity index (χ1v) is 28.7. The zero-order valence-corrected chi connectivity index (χ0v) is 41.1. The second-order valence-electron chi connectivity index (χ2n) is 19.5.